The molecular formula is C25H30N2O5. The summed E-state index contributed by atoms with van der Waals surface area (Å²) in [5.41, 5.74) is 0.718. The van der Waals surface area contributed by atoms with Gasteiger partial charge in [-0.1, -0.05) is 30.3 Å². The van der Waals surface area contributed by atoms with Crippen molar-refractivity contribution < 1.29 is 19.0 Å². The molecule has 0 spiro atoms. The summed E-state index contributed by atoms with van der Waals surface area (Å²) in [6.45, 7) is 5.96. The quantitative estimate of drug-likeness (QED) is 0.539. The number of hydrogen-bond acceptors (Lipinski definition) is 7. The van der Waals surface area contributed by atoms with Gasteiger partial charge in [0.05, 0.1) is 13.7 Å². The number of phenolic OH excluding ortho intramolecular Hbond substituents is 1. The van der Waals surface area contributed by atoms with Crippen LogP contribution in [-0.4, -0.2) is 68.4 Å². The molecular weight excluding hydrogens is 408 g/mol. The fraction of sp³-hybridized carbons (Fsp3) is 0.400. The van der Waals surface area contributed by atoms with Crippen LogP contribution in [0.3, 0.4) is 0 Å². The molecule has 2 aromatic carbocycles. The van der Waals surface area contributed by atoms with Gasteiger partial charge < -0.3 is 28.8 Å². The Morgan fingerprint density at radius 1 is 1.06 bits per heavy atom. The van der Waals surface area contributed by atoms with Gasteiger partial charge in [0.2, 0.25) is 5.75 Å². The topological polar surface area (TPSA) is 75.4 Å². The molecule has 1 saturated heterocycles. The van der Waals surface area contributed by atoms with Gasteiger partial charge in [-0.2, -0.15) is 0 Å². The summed E-state index contributed by atoms with van der Waals surface area (Å²) in [7, 11) is 3.60. The molecule has 7 heteroatoms. The Bertz CT molecular complexity index is 1100. The predicted molar refractivity (Wildman–Crippen MR) is 125 cm³/mol. The second-order valence-electron chi connectivity index (χ2n) is 8.17. The van der Waals surface area contributed by atoms with Gasteiger partial charge in [-0.15, -0.1) is 0 Å². The Hall–Kier alpha value is -3.03. The lowest BCUT2D eigenvalue weighted by atomic mass is 10.1. The summed E-state index contributed by atoms with van der Waals surface area (Å²) in [5, 5.41) is 10.8. The molecule has 0 unspecified atom stereocenters. The molecule has 0 radical (unpaired) electrons. The van der Waals surface area contributed by atoms with Gasteiger partial charge in [-0.25, -0.2) is 0 Å². The normalized spacial score (nSPS) is 15.2. The molecule has 1 fully saturated rings. The largest absolute Gasteiger partial charge is 0.504 e. The zero-order valence-corrected chi connectivity index (χ0v) is 18.7. The van der Waals surface area contributed by atoms with E-state index in [1.165, 1.54) is 13.2 Å². The van der Waals surface area contributed by atoms with Gasteiger partial charge in [-0.3, -0.25) is 4.79 Å². The summed E-state index contributed by atoms with van der Waals surface area (Å²) >= 11 is 0. The van der Waals surface area contributed by atoms with Crippen molar-refractivity contribution in [3.63, 3.8) is 0 Å². The number of aromatic hydroxyl groups is 1. The van der Waals surface area contributed by atoms with Crippen molar-refractivity contribution >= 4 is 11.0 Å². The van der Waals surface area contributed by atoms with Crippen molar-refractivity contribution in [3.8, 4) is 28.6 Å². The van der Waals surface area contributed by atoms with Crippen molar-refractivity contribution in [2.75, 3.05) is 53.5 Å². The van der Waals surface area contributed by atoms with E-state index in [4.69, 9.17) is 13.9 Å². The first kappa shape index (κ1) is 22.2. The third-order valence-corrected chi connectivity index (χ3v) is 5.90. The van der Waals surface area contributed by atoms with Crippen LogP contribution in [0.25, 0.3) is 22.3 Å². The summed E-state index contributed by atoms with van der Waals surface area (Å²) in [4.78, 5) is 17.5. The van der Waals surface area contributed by atoms with E-state index in [0.717, 1.165) is 51.1 Å². The summed E-state index contributed by atoms with van der Waals surface area (Å²) < 4.78 is 17.2. The standard InChI is InChI=1S/C25H30N2O5/c1-26-11-13-27(14-12-26)10-6-7-15-31-22-17-21-23(24(29)25(22)30-2)19(28)16-20(32-21)18-8-4-3-5-9-18/h3-5,8-9,16-17,29H,6-7,10-15H2,1-2H3. The highest BCUT2D eigenvalue weighted by atomic mass is 16.5. The maximum Gasteiger partial charge on any atom is 0.204 e. The van der Waals surface area contributed by atoms with Crippen molar-refractivity contribution in [2.24, 2.45) is 0 Å². The molecule has 1 N–H and O–H groups in total. The zero-order chi connectivity index (χ0) is 22.5. The van der Waals surface area contributed by atoms with E-state index in [2.05, 4.69) is 16.8 Å². The van der Waals surface area contributed by atoms with E-state index < -0.39 is 0 Å². The van der Waals surface area contributed by atoms with Gasteiger partial charge in [0.25, 0.3) is 0 Å². The number of methoxy groups -OCH3 is 1. The van der Waals surface area contributed by atoms with E-state index in [9.17, 15) is 9.90 Å². The average Bonchev–Trinajstić information content (AvgIpc) is 2.80. The van der Waals surface area contributed by atoms with E-state index in [-0.39, 0.29) is 27.9 Å². The molecule has 1 aliphatic rings. The Balaban J connectivity index is 1.48. The van der Waals surface area contributed by atoms with Gasteiger partial charge in [0, 0.05) is 43.9 Å². The zero-order valence-electron chi connectivity index (χ0n) is 18.7. The molecule has 0 aliphatic carbocycles. The molecule has 0 bridgehead atoms. The number of likely N-dealkylation sites (N-methyl/N-ethyl adjacent to an activating group) is 1. The first-order valence-corrected chi connectivity index (χ1v) is 11.0. The van der Waals surface area contributed by atoms with Gasteiger partial charge >= 0.3 is 0 Å². The van der Waals surface area contributed by atoms with Crippen LogP contribution in [0.15, 0.2) is 51.7 Å². The Morgan fingerprint density at radius 2 is 1.81 bits per heavy atom. The van der Waals surface area contributed by atoms with Crippen LogP contribution < -0.4 is 14.9 Å². The number of hydrogen-bond donors (Lipinski definition) is 1. The Labute approximate surface area is 187 Å². The van der Waals surface area contributed by atoms with Crippen molar-refractivity contribution in [3.05, 3.63) is 52.7 Å². The maximum absolute atomic E-state index is 12.7. The second-order valence-corrected chi connectivity index (χ2v) is 8.17. The molecule has 0 saturated carbocycles. The predicted octanol–water partition coefficient (Wildman–Crippen LogP) is 3.58. The van der Waals surface area contributed by atoms with E-state index >= 15 is 0 Å². The molecule has 170 valence electrons. The highest BCUT2D eigenvalue weighted by Crippen LogP contribution is 2.42. The lowest BCUT2D eigenvalue weighted by Gasteiger charge is -2.32. The number of ether oxygens (including phenoxy) is 2. The molecule has 4 rings (SSSR count). The van der Waals surface area contributed by atoms with Crippen LogP contribution in [0, 0.1) is 0 Å². The van der Waals surface area contributed by atoms with Gasteiger partial charge in [-0.05, 0) is 26.4 Å². The minimum absolute atomic E-state index is 0.0870. The molecule has 1 aromatic heterocycles. The van der Waals surface area contributed by atoms with Crippen LogP contribution in [0.5, 0.6) is 17.2 Å². The smallest absolute Gasteiger partial charge is 0.204 e. The molecule has 7 nitrogen and oxygen atoms in total. The SMILES string of the molecule is COc1c(OCCCCN2CCN(C)CC2)cc2oc(-c3ccccc3)cc(=O)c2c1O. The summed E-state index contributed by atoms with van der Waals surface area (Å²) in [6.07, 6.45) is 1.90. The van der Waals surface area contributed by atoms with Gasteiger partial charge in [0.15, 0.2) is 16.9 Å². The summed E-state index contributed by atoms with van der Waals surface area (Å²) in [5.74, 6) is 0.693. The Morgan fingerprint density at radius 3 is 2.53 bits per heavy atom. The highest BCUT2D eigenvalue weighted by Gasteiger charge is 2.20. The van der Waals surface area contributed by atoms with Crippen molar-refractivity contribution in [1.82, 2.24) is 9.80 Å². The van der Waals surface area contributed by atoms with Crippen molar-refractivity contribution in [2.45, 2.75) is 12.8 Å². The molecule has 2 heterocycles. The number of nitrogens with zero attached hydrogens (tertiary/aromatic N) is 2. The molecule has 32 heavy (non-hydrogen) atoms. The van der Waals surface area contributed by atoms with E-state index in [0.29, 0.717) is 18.1 Å². The number of rotatable bonds is 8. The van der Waals surface area contributed by atoms with Crippen LogP contribution in [0.4, 0.5) is 0 Å². The minimum Gasteiger partial charge on any atom is -0.504 e. The fourth-order valence-electron chi connectivity index (χ4n) is 4.00. The van der Waals surface area contributed by atoms with Crippen LogP contribution in [0.1, 0.15) is 12.8 Å². The molecule has 0 atom stereocenters. The number of phenols is 1. The van der Waals surface area contributed by atoms with Crippen LogP contribution in [0.2, 0.25) is 0 Å². The van der Waals surface area contributed by atoms with E-state index in [1.54, 1.807) is 6.07 Å². The monoisotopic (exact) mass is 438 g/mol. The third kappa shape index (κ3) is 4.89. The average molecular weight is 439 g/mol. The summed E-state index contributed by atoms with van der Waals surface area (Å²) in [6, 6.07) is 12.4. The Kier molecular flexibility index (Phi) is 6.97. The number of fused-ring (bicyclic) bond motifs is 1. The lowest BCUT2D eigenvalue weighted by molar-refractivity contribution is 0.149. The second kappa shape index (κ2) is 10.1. The van der Waals surface area contributed by atoms with Crippen molar-refractivity contribution in [1.29, 1.82) is 0 Å². The number of benzene rings is 2. The highest BCUT2D eigenvalue weighted by molar-refractivity contribution is 5.89. The van der Waals surface area contributed by atoms with Gasteiger partial charge in [0.1, 0.15) is 16.7 Å². The first-order valence-electron chi connectivity index (χ1n) is 11.0. The minimum atomic E-state index is -0.334. The van der Waals surface area contributed by atoms with Crippen LogP contribution >= 0.6 is 0 Å². The molecule has 3 aromatic rings. The third-order valence-electron chi connectivity index (χ3n) is 5.90. The molecule has 0 amide bonds. The van der Waals surface area contributed by atoms with Crippen LogP contribution in [-0.2, 0) is 0 Å². The molecule has 1 aliphatic heterocycles. The first-order chi connectivity index (χ1) is 15.6. The van der Waals surface area contributed by atoms with E-state index in [1.807, 2.05) is 30.3 Å². The fourth-order valence-corrected chi connectivity index (χ4v) is 4.00. The lowest BCUT2D eigenvalue weighted by Crippen LogP contribution is -2.44. The maximum atomic E-state index is 12.7. The number of piperazine rings is 1. The number of unbranched alkanes of at least 4 members (excludes halogenated alkanes) is 1.